The van der Waals surface area contributed by atoms with Gasteiger partial charge >= 0.3 is 6.09 Å². The van der Waals surface area contributed by atoms with Gasteiger partial charge in [-0.3, -0.25) is 10.1 Å². The molecule has 0 bridgehead atoms. The maximum Gasteiger partial charge on any atom is 0.412 e. The summed E-state index contributed by atoms with van der Waals surface area (Å²) in [6, 6.07) is 19.7. The molecule has 184 valence electrons. The molecule has 3 rings (SSSR count). The predicted octanol–water partition coefficient (Wildman–Crippen LogP) is 6.07. The first-order chi connectivity index (χ1) is 16.6. The Morgan fingerprint density at radius 1 is 0.829 bits per heavy atom. The summed E-state index contributed by atoms with van der Waals surface area (Å²) in [6.45, 7) is 5.40. The number of para-hydroxylation sites is 1. The Morgan fingerprint density at radius 3 is 2.09 bits per heavy atom. The Morgan fingerprint density at radius 2 is 1.46 bits per heavy atom. The van der Waals surface area contributed by atoms with Gasteiger partial charge in [-0.25, -0.2) is 4.79 Å². The predicted molar refractivity (Wildman–Crippen MR) is 138 cm³/mol. The summed E-state index contributed by atoms with van der Waals surface area (Å²) in [6.07, 6.45) is -0.537. The third kappa shape index (κ3) is 6.66. The zero-order valence-corrected chi connectivity index (χ0v) is 20.8. The number of rotatable bonds is 7. The van der Waals surface area contributed by atoms with Crippen molar-refractivity contribution < 1.29 is 23.8 Å². The van der Waals surface area contributed by atoms with Crippen molar-refractivity contribution in [2.24, 2.45) is 0 Å². The van der Waals surface area contributed by atoms with Gasteiger partial charge in [-0.2, -0.15) is 0 Å². The van der Waals surface area contributed by atoms with Crippen molar-refractivity contribution in [2.45, 2.75) is 26.4 Å². The van der Waals surface area contributed by atoms with Gasteiger partial charge in [0, 0.05) is 30.2 Å². The summed E-state index contributed by atoms with van der Waals surface area (Å²) >= 11 is 0. The van der Waals surface area contributed by atoms with Crippen molar-refractivity contribution in [1.82, 2.24) is 0 Å². The first-order valence-corrected chi connectivity index (χ1v) is 11.1. The molecule has 8 nitrogen and oxygen atoms in total. The van der Waals surface area contributed by atoms with Gasteiger partial charge in [-0.05, 0) is 69.3 Å². The lowest BCUT2D eigenvalue weighted by molar-refractivity contribution is 0.0635. The molecule has 3 aromatic rings. The number of ether oxygens (including phenoxy) is 3. The number of carbonyl (C=O) groups is 2. The van der Waals surface area contributed by atoms with E-state index in [1.54, 1.807) is 89.4 Å². The minimum absolute atomic E-state index is 0.193. The van der Waals surface area contributed by atoms with E-state index >= 15 is 0 Å². The van der Waals surface area contributed by atoms with Crippen molar-refractivity contribution in [2.75, 3.05) is 36.8 Å². The van der Waals surface area contributed by atoms with E-state index in [1.807, 2.05) is 24.3 Å². The zero-order chi connectivity index (χ0) is 25.6. The number of anilines is 4. The molecule has 0 aliphatic carbocycles. The summed E-state index contributed by atoms with van der Waals surface area (Å²) in [4.78, 5) is 26.9. The molecule has 0 unspecified atom stereocenters. The second kappa shape index (κ2) is 10.8. The van der Waals surface area contributed by atoms with Crippen molar-refractivity contribution in [3.05, 3.63) is 72.3 Å². The topological polar surface area (TPSA) is 89.1 Å². The number of benzene rings is 3. The van der Waals surface area contributed by atoms with E-state index in [2.05, 4.69) is 10.6 Å². The summed E-state index contributed by atoms with van der Waals surface area (Å²) in [5, 5.41) is 5.98. The van der Waals surface area contributed by atoms with Gasteiger partial charge in [0.25, 0.3) is 5.91 Å². The standard InChI is InChI=1S/C27H31N3O5/c1-27(2,3)35-26(32)29-18-11-14-20(15-12-18)30(4)25(31)21-9-7-8-10-22(21)28-19-13-16-23(33-5)24(17-19)34-6/h7-17,28H,1-6H3,(H,29,32). The van der Waals surface area contributed by atoms with E-state index in [1.165, 1.54) is 0 Å². The van der Waals surface area contributed by atoms with Crippen LogP contribution in [0.25, 0.3) is 0 Å². The highest BCUT2D eigenvalue weighted by Gasteiger charge is 2.19. The highest BCUT2D eigenvalue weighted by atomic mass is 16.6. The normalized spacial score (nSPS) is 10.8. The summed E-state index contributed by atoms with van der Waals surface area (Å²) in [7, 11) is 4.85. The quantitative estimate of drug-likeness (QED) is 0.429. The minimum Gasteiger partial charge on any atom is -0.493 e. The molecule has 0 aromatic heterocycles. The molecule has 0 saturated heterocycles. The van der Waals surface area contributed by atoms with Gasteiger partial charge in [-0.15, -0.1) is 0 Å². The Labute approximate surface area is 205 Å². The van der Waals surface area contributed by atoms with Crippen LogP contribution in [0.5, 0.6) is 11.5 Å². The largest absolute Gasteiger partial charge is 0.493 e. The molecule has 0 spiro atoms. The van der Waals surface area contributed by atoms with Crippen LogP contribution in [-0.4, -0.2) is 38.9 Å². The zero-order valence-electron chi connectivity index (χ0n) is 20.8. The Bertz CT molecular complexity index is 1190. The van der Waals surface area contributed by atoms with E-state index in [-0.39, 0.29) is 5.91 Å². The van der Waals surface area contributed by atoms with Crippen molar-refractivity contribution in [1.29, 1.82) is 0 Å². The van der Waals surface area contributed by atoms with Crippen LogP contribution in [0.4, 0.5) is 27.5 Å². The van der Waals surface area contributed by atoms with E-state index in [4.69, 9.17) is 14.2 Å². The molecule has 35 heavy (non-hydrogen) atoms. The maximum absolute atomic E-state index is 13.4. The number of nitrogens with one attached hydrogen (secondary N) is 2. The van der Waals surface area contributed by atoms with Crippen molar-refractivity contribution in [3.63, 3.8) is 0 Å². The maximum atomic E-state index is 13.4. The van der Waals surface area contributed by atoms with Gasteiger partial charge in [0.2, 0.25) is 0 Å². The van der Waals surface area contributed by atoms with Crippen LogP contribution < -0.4 is 25.0 Å². The third-order valence-electron chi connectivity index (χ3n) is 5.02. The fourth-order valence-electron chi connectivity index (χ4n) is 3.34. The van der Waals surface area contributed by atoms with E-state index in [9.17, 15) is 9.59 Å². The summed E-state index contributed by atoms with van der Waals surface area (Å²) in [5.74, 6) is 1.01. The molecule has 8 heteroatoms. The molecule has 0 radical (unpaired) electrons. The van der Waals surface area contributed by atoms with Gasteiger partial charge in [0.05, 0.1) is 25.5 Å². The third-order valence-corrected chi connectivity index (χ3v) is 5.02. The summed E-state index contributed by atoms with van der Waals surface area (Å²) < 4.78 is 15.9. The Hall–Kier alpha value is -4.20. The van der Waals surface area contributed by atoms with E-state index < -0.39 is 11.7 Å². The number of hydrogen-bond donors (Lipinski definition) is 2. The molecule has 0 aliphatic rings. The van der Waals surface area contributed by atoms with Crippen LogP contribution in [0, 0.1) is 0 Å². The highest BCUT2D eigenvalue weighted by molar-refractivity contribution is 6.09. The molecular formula is C27H31N3O5. The number of hydrogen-bond acceptors (Lipinski definition) is 6. The average Bonchev–Trinajstić information content (AvgIpc) is 2.82. The molecule has 0 atom stereocenters. The van der Waals surface area contributed by atoms with Crippen LogP contribution in [-0.2, 0) is 4.74 Å². The van der Waals surface area contributed by atoms with Gasteiger partial charge < -0.3 is 24.4 Å². The van der Waals surface area contributed by atoms with E-state index in [0.717, 1.165) is 5.69 Å². The molecule has 0 aliphatic heterocycles. The number of methoxy groups -OCH3 is 2. The first-order valence-electron chi connectivity index (χ1n) is 11.1. The lowest BCUT2D eigenvalue weighted by Crippen LogP contribution is -2.27. The van der Waals surface area contributed by atoms with Crippen LogP contribution >= 0.6 is 0 Å². The lowest BCUT2D eigenvalue weighted by Gasteiger charge is -2.21. The molecule has 0 saturated carbocycles. The second-order valence-corrected chi connectivity index (χ2v) is 8.78. The second-order valence-electron chi connectivity index (χ2n) is 8.78. The van der Waals surface area contributed by atoms with Crippen LogP contribution in [0.2, 0.25) is 0 Å². The van der Waals surface area contributed by atoms with Gasteiger partial charge in [0.1, 0.15) is 5.60 Å². The average molecular weight is 478 g/mol. The summed E-state index contributed by atoms with van der Waals surface area (Å²) in [5.41, 5.74) is 2.56. The Balaban J connectivity index is 1.76. The van der Waals surface area contributed by atoms with Crippen LogP contribution in [0.3, 0.4) is 0 Å². The number of amides is 2. The minimum atomic E-state index is -0.588. The smallest absolute Gasteiger partial charge is 0.412 e. The lowest BCUT2D eigenvalue weighted by atomic mass is 10.1. The van der Waals surface area contributed by atoms with Gasteiger partial charge in [0.15, 0.2) is 11.5 Å². The van der Waals surface area contributed by atoms with Crippen LogP contribution in [0.1, 0.15) is 31.1 Å². The molecule has 2 amide bonds. The monoisotopic (exact) mass is 477 g/mol. The van der Waals surface area contributed by atoms with Crippen molar-refractivity contribution >= 4 is 34.7 Å². The van der Waals surface area contributed by atoms with E-state index in [0.29, 0.717) is 34.1 Å². The fourth-order valence-corrected chi connectivity index (χ4v) is 3.34. The van der Waals surface area contributed by atoms with Gasteiger partial charge in [-0.1, -0.05) is 12.1 Å². The first kappa shape index (κ1) is 25.4. The number of nitrogens with zero attached hydrogens (tertiary/aromatic N) is 1. The highest BCUT2D eigenvalue weighted by Crippen LogP contribution is 2.32. The van der Waals surface area contributed by atoms with Crippen LogP contribution in [0.15, 0.2) is 66.7 Å². The Kier molecular flexibility index (Phi) is 7.86. The molecule has 0 heterocycles. The molecular weight excluding hydrogens is 446 g/mol. The fraction of sp³-hybridized carbons (Fsp3) is 0.259. The molecule has 2 N–H and O–H groups in total. The molecule has 3 aromatic carbocycles. The number of carbonyl (C=O) groups excluding carboxylic acids is 2. The molecule has 0 fully saturated rings. The van der Waals surface area contributed by atoms with Crippen molar-refractivity contribution in [3.8, 4) is 11.5 Å². The SMILES string of the molecule is COc1ccc(Nc2ccccc2C(=O)N(C)c2ccc(NC(=O)OC(C)(C)C)cc2)cc1OC.